The van der Waals surface area contributed by atoms with Gasteiger partial charge in [-0.1, -0.05) is 0 Å². The van der Waals surface area contributed by atoms with Crippen LogP contribution < -0.4 is 0 Å². The van der Waals surface area contributed by atoms with Gasteiger partial charge in [0.25, 0.3) is 10.2 Å². The fraction of sp³-hybridized carbons (Fsp3) is 0.846. The van der Waals surface area contributed by atoms with Gasteiger partial charge in [0.15, 0.2) is 0 Å². The summed E-state index contributed by atoms with van der Waals surface area (Å²) in [6.07, 6.45) is 3.10. The monoisotopic (exact) mass is 328 g/mol. The standard InChI is InChI=1S/C13H24N6O2S/c1-16(2)22(20,21)18-8-5-12-14-15-13(19(12)10-9-18)11-17-6-3-4-7-17/h3-11H2,1-2H3. The van der Waals surface area contributed by atoms with E-state index in [2.05, 4.69) is 19.7 Å². The average Bonchev–Trinajstić information content (AvgIpc) is 3.05. The third-order valence-corrected chi connectivity index (χ3v) is 6.35. The highest BCUT2D eigenvalue weighted by Crippen LogP contribution is 2.16. The lowest BCUT2D eigenvalue weighted by molar-refractivity contribution is 0.313. The second-order valence-corrected chi connectivity index (χ2v) is 8.25. The smallest absolute Gasteiger partial charge is 0.281 e. The Kier molecular flexibility index (Phi) is 4.49. The van der Waals surface area contributed by atoms with E-state index in [1.165, 1.54) is 21.5 Å². The third kappa shape index (κ3) is 3.03. The molecule has 0 atom stereocenters. The lowest BCUT2D eigenvalue weighted by Gasteiger charge is -2.23. The zero-order valence-electron chi connectivity index (χ0n) is 13.3. The molecular weight excluding hydrogens is 304 g/mol. The van der Waals surface area contributed by atoms with Crippen molar-refractivity contribution in [1.29, 1.82) is 0 Å². The Hall–Kier alpha value is -1.03. The number of hydrogen-bond donors (Lipinski definition) is 0. The van der Waals surface area contributed by atoms with Crippen LogP contribution in [0.1, 0.15) is 24.5 Å². The van der Waals surface area contributed by atoms with E-state index in [1.54, 1.807) is 14.1 Å². The van der Waals surface area contributed by atoms with Gasteiger partial charge in [0.1, 0.15) is 11.6 Å². The largest absolute Gasteiger partial charge is 0.313 e. The molecule has 2 aliphatic heterocycles. The van der Waals surface area contributed by atoms with Crippen molar-refractivity contribution < 1.29 is 8.42 Å². The molecule has 0 aliphatic carbocycles. The summed E-state index contributed by atoms with van der Waals surface area (Å²) >= 11 is 0. The third-order valence-electron chi connectivity index (χ3n) is 4.41. The van der Waals surface area contributed by atoms with E-state index in [0.717, 1.165) is 31.3 Å². The molecule has 8 nitrogen and oxygen atoms in total. The van der Waals surface area contributed by atoms with E-state index < -0.39 is 10.2 Å². The molecule has 1 aromatic heterocycles. The molecule has 9 heteroatoms. The number of hydrogen-bond acceptors (Lipinski definition) is 5. The molecule has 1 saturated heterocycles. The molecule has 0 saturated carbocycles. The van der Waals surface area contributed by atoms with Gasteiger partial charge in [-0.15, -0.1) is 10.2 Å². The van der Waals surface area contributed by atoms with Crippen molar-refractivity contribution in [1.82, 2.24) is 28.3 Å². The van der Waals surface area contributed by atoms with Gasteiger partial charge in [-0.25, -0.2) is 0 Å². The molecule has 2 aliphatic rings. The van der Waals surface area contributed by atoms with Crippen molar-refractivity contribution in [3.63, 3.8) is 0 Å². The van der Waals surface area contributed by atoms with Crippen LogP contribution in [0.2, 0.25) is 0 Å². The summed E-state index contributed by atoms with van der Waals surface area (Å²) < 4.78 is 29.4. The maximum atomic E-state index is 12.3. The summed E-state index contributed by atoms with van der Waals surface area (Å²) in [5.74, 6) is 1.85. The second-order valence-electron chi connectivity index (χ2n) is 6.11. The summed E-state index contributed by atoms with van der Waals surface area (Å²) in [6.45, 7) is 4.60. The summed E-state index contributed by atoms with van der Waals surface area (Å²) in [5, 5.41) is 8.59. The maximum Gasteiger partial charge on any atom is 0.281 e. The first-order valence-electron chi connectivity index (χ1n) is 7.79. The van der Waals surface area contributed by atoms with Crippen LogP contribution in [0, 0.1) is 0 Å². The first-order chi connectivity index (χ1) is 10.5. The van der Waals surface area contributed by atoms with E-state index in [0.29, 0.717) is 26.1 Å². The summed E-state index contributed by atoms with van der Waals surface area (Å²) in [4.78, 5) is 2.39. The summed E-state index contributed by atoms with van der Waals surface area (Å²) in [7, 11) is -0.222. The average molecular weight is 328 g/mol. The Labute approximate surface area is 131 Å². The fourth-order valence-corrected chi connectivity index (χ4v) is 4.18. The van der Waals surface area contributed by atoms with Crippen LogP contribution in [0.5, 0.6) is 0 Å². The molecule has 0 aromatic carbocycles. The molecule has 0 bridgehead atoms. The lowest BCUT2D eigenvalue weighted by atomic mass is 10.4. The Morgan fingerprint density at radius 2 is 1.77 bits per heavy atom. The summed E-state index contributed by atoms with van der Waals surface area (Å²) in [5.41, 5.74) is 0. The van der Waals surface area contributed by atoms with Gasteiger partial charge in [0.05, 0.1) is 6.54 Å². The van der Waals surface area contributed by atoms with Gasteiger partial charge in [0.2, 0.25) is 0 Å². The molecule has 3 rings (SSSR count). The Morgan fingerprint density at radius 3 is 2.45 bits per heavy atom. The van der Waals surface area contributed by atoms with Crippen molar-refractivity contribution in [3.8, 4) is 0 Å². The van der Waals surface area contributed by atoms with E-state index in [-0.39, 0.29) is 0 Å². The molecule has 22 heavy (non-hydrogen) atoms. The van der Waals surface area contributed by atoms with E-state index in [1.807, 2.05) is 0 Å². The van der Waals surface area contributed by atoms with Gasteiger partial charge >= 0.3 is 0 Å². The van der Waals surface area contributed by atoms with Crippen LogP contribution in [0.3, 0.4) is 0 Å². The number of nitrogens with zero attached hydrogens (tertiary/aromatic N) is 6. The van der Waals surface area contributed by atoms with Crippen LogP contribution in [0.15, 0.2) is 0 Å². The van der Waals surface area contributed by atoms with Crippen molar-refractivity contribution in [2.45, 2.75) is 32.4 Å². The second kappa shape index (κ2) is 6.23. The molecule has 0 amide bonds. The van der Waals surface area contributed by atoms with Crippen LogP contribution in [0.25, 0.3) is 0 Å². The molecule has 0 N–H and O–H groups in total. The minimum absolute atomic E-state index is 0.461. The molecule has 1 aromatic rings. The fourth-order valence-electron chi connectivity index (χ4n) is 3.08. The van der Waals surface area contributed by atoms with E-state index in [4.69, 9.17) is 0 Å². The van der Waals surface area contributed by atoms with Crippen molar-refractivity contribution in [2.24, 2.45) is 0 Å². The number of rotatable bonds is 4. The van der Waals surface area contributed by atoms with E-state index >= 15 is 0 Å². The molecule has 3 heterocycles. The van der Waals surface area contributed by atoms with Crippen molar-refractivity contribution >= 4 is 10.2 Å². The number of fused-ring (bicyclic) bond motifs is 1. The minimum atomic E-state index is -3.36. The van der Waals surface area contributed by atoms with E-state index in [9.17, 15) is 8.42 Å². The molecule has 1 fully saturated rings. The number of aromatic nitrogens is 3. The molecule has 0 unspecified atom stereocenters. The predicted molar refractivity (Wildman–Crippen MR) is 82.4 cm³/mol. The molecule has 0 radical (unpaired) electrons. The van der Waals surface area contributed by atoms with Crippen LogP contribution >= 0.6 is 0 Å². The molecule has 124 valence electrons. The first kappa shape index (κ1) is 15.9. The highest BCUT2D eigenvalue weighted by atomic mass is 32.2. The van der Waals surface area contributed by atoms with Gasteiger partial charge in [-0.05, 0) is 25.9 Å². The van der Waals surface area contributed by atoms with Crippen molar-refractivity contribution in [2.75, 3.05) is 40.3 Å². The van der Waals surface area contributed by atoms with Gasteiger partial charge in [-0.3, -0.25) is 4.90 Å². The van der Waals surface area contributed by atoms with Gasteiger partial charge in [-0.2, -0.15) is 17.0 Å². The summed E-state index contributed by atoms with van der Waals surface area (Å²) in [6, 6.07) is 0. The van der Waals surface area contributed by atoms with Gasteiger partial charge < -0.3 is 4.57 Å². The van der Waals surface area contributed by atoms with Crippen molar-refractivity contribution in [3.05, 3.63) is 11.6 Å². The highest BCUT2D eigenvalue weighted by molar-refractivity contribution is 7.86. The Morgan fingerprint density at radius 1 is 1.05 bits per heavy atom. The van der Waals surface area contributed by atoms with Crippen LogP contribution in [0.4, 0.5) is 0 Å². The SMILES string of the molecule is CN(C)S(=O)(=O)N1CCc2nnc(CN3CCCC3)n2CC1. The predicted octanol–water partition coefficient (Wildman–Crippen LogP) is -0.462. The van der Waals surface area contributed by atoms with Crippen LogP contribution in [-0.4, -0.2) is 77.0 Å². The quantitative estimate of drug-likeness (QED) is 0.748. The first-order valence-corrected chi connectivity index (χ1v) is 9.19. The number of likely N-dealkylation sites (tertiary alicyclic amines) is 1. The van der Waals surface area contributed by atoms with Crippen LogP contribution in [-0.2, 0) is 29.7 Å². The molecule has 0 spiro atoms. The maximum absolute atomic E-state index is 12.3. The Bertz CT molecular complexity index is 620. The topological polar surface area (TPSA) is 74.6 Å². The van der Waals surface area contributed by atoms with Gasteiger partial charge in [0, 0.05) is 40.2 Å². The normalized spacial score (nSPS) is 21.2. The highest BCUT2D eigenvalue weighted by Gasteiger charge is 2.28. The zero-order chi connectivity index (χ0) is 15.7. The Balaban J connectivity index is 1.73. The molecular formula is C13H24N6O2S. The zero-order valence-corrected chi connectivity index (χ0v) is 14.1. The minimum Gasteiger partial charge on any atom is -0.313 e. The lowest BCUT2D eigenvalue weighted by Crippen LogP contribution is -2.41.